The number of carbonyl (C=O) groups excluding carboxylic acids is 1. The molecule has 3 N–H and O–H groups in total. The molecule has 1 aliphatic carbocycles. The summed E-state index contributed by atoms with van der Waals surface area (Å²) < 4.78 is 13.8. The average Bonchev–Trinajstić information content (AvgIpc) is 2.97. The van der Waals surface area contributed by atoms with Crippen molar-refractivity contribution in [2.75, 3.05) is 12.4 Å². The average molecular weight is 324 g/mol. The molecule has 0 spiro atoms. The number of amides is 2. The van der Waals surface area contributed by atoms with Crippen molar-refractivity contribution in [3.63, 3.8) is 0 Å². The number of hydrogen-bond acceptors (Lipinski definition) is 3. The minimum absolute atomic E-state index is 0.0356. The Labute approximate surface area is 133 Å². The maximum atomic E-state index is 13.8. The predicted molar refractivity (Wildman–Crippen MR) is 84.4 cm³/mol. The van der Waals surface area contributed by atoms with Crippen LogP contribution in [-0.2, 0) is 0 Å². The van der Waals surface area contributed by atoms with Crippen LogP contribution in [0.5, 0.6) is 0 Å². The summed E-state index contributed by atoms with van der Waals surface area (Å²) in [6.45, 7) is -0.0356. The smallest absolute Gasteiger partial charge is 0.315 e. The quantitative estimate of drug-likeness (QED) is 0.801. The monoisotopic (exact) mass is 324 g/mol. The molecule has 2 amide bonds. The van der Waals surface area contributed by atoms with Crippen LogP contribution in [0.1, 0.15) is 43.7 Å². The van der Waals surface area contributed by atoms with Gasteiger partial charge in [0.05, 0.1) is 18.2 Å². The first-order valence-electron chi connectivity index (χ1n) is 7.74. The van der Waals surface area contributed by atoms with Gasteiger partial charge in [-0.1, -0.05) is 25.0 Å². The molecule has 1 aliphatic heterocycles. The van der Waals surface area contributed by atoms with E-state index in [-0.39, 0.29) is 24.5 Å². The molecule has 1 aromatic rings. The normalized spacial score (nSPS) is 22.9. The van der Waals surface area contributed by atoms with Gasteiger partial charge in [-0.2, -0.15) is 0 Å². The lowest BCUT2D eigenvalue weighted by Gasteiger charge is -2.31. The molecule has 3 rings (SSSR count). The first-order valence-corrected chi connectivity index (χ1v) is 8.73. The van der Waals surface area contributed by atoms with Gasteiger partial charge in [0.15, 0.2) is 0 Å². The highest BCUT2D eigenvalue weighted by molar-refractivity contribution is 7.99. The molecule has 0 bridgehead atoms. The lowest BCUT2D eigenvalue weighted by molar-refractivity contribution is 0.161. The van der Waals surface area contributed by atoms with Crippen LogP contribution in [0, 0.1) is 5.82 Å². The number of hydrogen-bond donors (Lipinski definition) is 3. The van der Waals surface area contributed by atoms with E-state index in [1.54, 1.807) is 6.07 Å². The number of carbonyl (C=O) groups is 1. The summed E-state index contributed by atoms with van der Waals surface area (Å²) >= 11 is 1.50. The Kier molecular flexibility index (Phi) is 4.59. The van der Waals surface area contributed by atoms with E-state index in [2.05, 4.69) is 10.6 Å². The summed E-state index contributed by atoms with van der Waals surface area (Å²) in [5, 5.41) is 15.5. The van der Waals surface area contributed by atoms with Crippen molar-refractivity contribution in [2.24, 2.45) is 0 Å². The van der Waals surface area contributed by atoms with Crippen LogP contribution in [0.4, 0.5) is 9.18 Å². The Morgan fingerprint density at radius 2 is 2.18 bits per heavy atom. The molecule has 0 aromatic heterocycles. The van der Waals surface area contributed by atoms with Crippen molar-refractivity contribution in [1.82, 2.24) is 10.6 Å². The van der Waals surface area contributed by atoms with Gasteiger partial charge in [0, 0.05) is 10.6 Å². The molecule has 1 unspecified atom stereocenters. The lowest BCUT2D eigenvalue weighted by atomic mass is 9.99. The van der Waals surface area contributed by atoms with E-state index in [1.165, 1.54) is 17.8 Å². The van der Waals surface area contributed by atoms with Crippen LogP contribution in [0.2, 0.25) is 0 Å². The SMILES string of the molecule is O=C(NC1CCSc2c(F)cccc21)NC1(CO)CCCC1. The molecular weight excluding hydrogens is 303 g/mol. The second-order valence-corrected chi connectivity index (χ2v) is 7.20. The number of fused-ring (bicyclic) bond motifs is 1. The highest BCUT2D eigenvalue weighted by atomic mass is 32.2. The number of thioether (sulfide) groups is 1. The van der Waals surface area contributed by atoms with Crippen molar-refractivity contribution >= 4 is 17.8 Å². The first kappa shape index (κ1) is 15.6. The van der Waals surface area contributed by atoms with Crippen LogP contribution in [0.3, 0.4) is 0 Å². The zero-order valence-electron chi connectivity index (χ0n) is 12.4. The van der Waals surface area contributed by atoms with Crippen LogP contribution < -0.4 is 10.6 Å². The Morgan fingerprint density at radius 3 is 2.91 bits per heavy atom. The molecule has 120 valence electrons. The Bertz CT molecular complexity index is 561. The summed E-state index contributed by atoms with van der Waals surface area (Å²) in [5.74, 6) is 0.557. The molecule has 6 heteroatoms. The number of aliphatic hydroxyl groups is 1. The molecular formula is C16H21FN2O2S. The number of nitrogens with one attached hydrogen (secondary N) is 2. The minimum Gasteiger partial charge on any atom is -0.394 e. The van der Waals surface area contributed by atoms with Crippen molar-refractivity contribution < 1.29 is 14.3 Å². The van der Waals surface area contributed by atoms with Gasteiger partial charge in [-0.3, -0.25) is 0 Å². The lowest BCUT2D eigenvalue weighted by Crippen LogP contribution is -2.53. The van der Waals surface area contributed by atoms with Gasteiger partial charge < -0.3 is 15.7 Å². The molecule has 1 atom stereocenters. The fourth-order valence-corrected chi connectivity index (χ4v) is 4.49. The van der Waals surface area contributed by atoms with Gasteiger partial charge >= 0.3 is 6.03 Å². The maximum absolute atomic E-state index is 13.8. The predicted octanol–water partition coefficient (Wildman–Crippen LogP) is 2.97. The van der Waals surface area contributed by atoms with Gasteiger partial charge in [0.1, 0.15) is 5.82 Å². The van der Waals surface area contributed by atoms with Gasteiger partial charge in [-0.15, -0.1) is 11.8 Å². The topological polar surface area (TPSA) is 61.4 Å². The molecule has 0 saturated heterocycles. The summed E-state index contributed by atoms with van der Waals surface area (Å²) in [5.41, 5.74) is 0.356. The zero-order chi connectivity index (χ0) is 15.6. The largest absolute Gasteiger partial charge is 0.394 e. The number of aliphatic hydroxyl groups excluding tert-OH is 1. The van der Waals surface area contributed by atoms with Crippen LogP contribution >= 0.6 is 11.8 Å². The highest BCUT2D eigenvalue weighted by Gasteiger charge is 2.35. The van der Waals surface area contributed by atoms with E-state index < -0.39 is 5.54 Å². The third kappa shape index (κ3) is 3.08. The van der Waals surface area contributed by atoms with Crippen molar-refractivity contribution in [3.8, 4) is 0 Å². The fourth-order valence-electron chi connectivity index (χ4n) is 3.35. The standard InChI is InChI=1S/C16H21FN2O2S/c17-12-5-3-4-11-13(6-9-22-14(11)12)18-15(21)19-16(10-20)7-1-2-8-16/h3-5,13,20H,1-2,6-10H2,(H2,18,19,21). The molecule has 22 heavy (non-hydrogen) atoms. The summed E-state index contributed by atoms with van der Waals surface area (Å²) in [6, 6.07) is 4.55. The Morgan fingerprint density at radius 1 is 1.41 bits per heavy atom. The maximum Gasteiger partial charge on any atom is 0.315 e. The van der Waals surface area contributed by atoms with Gasteiger partial charge in [-0.25, -0.2) is 9.18 Å². The molecule has 1 saturated carbocycles. The van der Waals surface area contributed by atoms with Gasteiger partial charge in [0.25, 0.3) is 0 Å². The minimum atomic E-state index is -0.488. The number of urea groups is 1. The molecule has 1 aromatic carbocycles. The van der Waals surface area contributed by atoms with Crippen molar-refractivity contribution in [1.29, 1.82) is 0 Å². The van der Waals surface area contributed by atoms with Crippen LogP contribution in [-0.4, -0.2) is 29.0 Å². The van der Waals surface area contributed by atoms with E-state index in [4.69, 9.17) is 0 Å². The third-order valence-electron chi connectivity index (χ3n) is 4.57. The Balaban J connectivity index is 1.69. The van der Waals surface area contributed by atoms with Crippen LogP contribution in [0.15, 0.2) is 23.1 Å². The number of benzene rings is 1. The number of halogens is 1. The third-order valence-corrected chi connectivity index (χ3v) is 5.73. The van der Waals surface area contributed by atoms with Gasteiger partial charge in [-0.05, 0) is 30.9 Å². The Hall–Kier alpha value is -1.27. The van der Waals surface area contributed by atoms with E-state index in [9.17, 15) is 14.3 Å². The molecule has 1 heterocycles. The van der Waals surface area contributed by atoms with Crippen molar-refractivity contribution in [2.45, 2.75) is 48.6 Å². The molecule has 4 nitrogen and oxygen atoms in total. The summed E-state index contributed by atoms with van der Waals surface area (Å²) in [7, 11) is 0. The molecule has 1 fully saturated rings. The van der Waals surface area contributed by atoms with E-state index in [1.807, 2.05) is 6.07 Å². The van der Waals surface area contributed by atoms with E-state index >= 15 is 0 Å². The molecule has 2 aliphatic rings. The van der Waals surface area contributed by atoms with Crippen LogP contribution in [0.25, 0.3) is 0 Å². The van der Waals surface area contributed by atoms with E-state index in [0.29, 0.717) is 4.90 Å². The van der Waals surface area contributed by atoms with Gasteiger partial charge in [0.2, 0.25) is 0 Å². The molecule has 0 radical (unpaired) electrons. The highest BCUT2D eigenvalue weighted by Crippen LogP contribution is 2.37. The van der Waals surface area contributed by atoms with Crippen molar-refractivity contribution in [3.05, 3.63) is 29.6 Å². The summed E-state index contributed by atoms with van der Waals surface area (Å²) in [4.78, 5) is 12.9. The second-order valence-electron chi connectivity index (χ2n) is 6.09. The van der Waals surface area contributed by atoms with E-state index in [0.717, 1.165) is 43.4 Å². The fraction of sp³-hybridized carbons (Fsp3) is 0.562. The zero-order valence-corrected chi connectivity index (χ0v) is 13.2. The second kappa shape index (κ2) is 6.46. The first-order chi connectivity index (χ1) is 10.6. The summed E-state index contributed by atoms with van der Waals surface area (Å²) in [6.07, 6.45) is 4.44. The number of rotatable bonds is 3.